The maximum absolute atomic E-state index is 12.2. The molecule has 0 unspecified atom stereocenters. The van der Waals surface area contributed by atoms with Crippen molar-refractivity contribution in [2.24, 2.45) is 0 Å². The minimum atomic E-state index is -0.208. The molecule has 0 saturated heterocycles. The van der Waals surface area contributed by atoms with E-state index >= 15 is 0 Å². The molecule has 144 valence electrons. The highest BCUT2D eigenvalue weighted by Crippen LogP contribution is 2.21. The average Bonchev–Trinajstić information content (AvgIpc) is 3.39. The molecular weight excluding hydrogens is 364 g/mol. The number of rotatable bonds is 9. The molecule has 0 bridgehead atoms. The maximum Gasteiger partial charge on any atom is 0.240 e. The molecule has 0 radical (unpaired) electrons. The molecule has 2 amide bonds. The Labute approximate surface area is 162 Å². The van der Waals surface area contributed by atoms with E-state index in [1.54, 1.807) is 4.57 Å². The molecule has 1 aliphatic rings. The van der Waals surface area contributed by atoms with E-state index in [4.69, 9.17) is 0 Å². The van der Waals surface area contributed by atoms with Crippen LogP contribution in [-0.4, -0.2) is 38.3 Å². The zero-order chi connectivity index (χ0) is 19.2. The number of hydrogen-bond donors (Lipinski definition) is 3. The van der Waals surface area contributed by atoms with E-state index in [1.165, 1.54) is 23.5 Å². The quantitative estimate of drug-likeness (QED) is 0.571. The van der Waals surface area contributed by atoms with Crippen LogP contribution in [0, 0.1) is 0 Å². The molecule has 0 atom stereocenters. The molecule has 3 N–H and O–H groups in total. The van der Waals surface area contributed by atoms with E-state index in [-0.39, 0.29) is 36.8 Å². The van der Waals surface area contributed by atoms with Gasteiger partial charge in [-0.15, -0.1) is 0 Å². The van der Waals surface area contributed by atoms with Crippen LogP contribution in [0.15, 0.2) is 35.6 Å². The molecule has 0 spiro atoms. The van der Waals surface area contributed by atoms with Crippen molar-refractivity contribution in [1.82, 2.24) is 14.9 Å². The summed E-state index contributed by atoms with van der Waals surface area (Å²) in [6.07, 6.45) is 4.52. The Bertz CT molecular complexity index is 800. The van der Waals surface area contributed by atoms with Gasteiger partial charge in [-0.05, 0) is 37.0 Å². The lowest BCUT2D eigenvalue weighted by Crippen LogP contribution is -2.30. The number of amides is 2. The van der Waals surface area contributed by atoms with Crippen LogP contribution in [0.4, 0.5) is 5.69 Å². The van der Waals surface area contributed by atoms with Crippen LogP contribution >= 0.6 is 11.8 Å². The number of benzene rings is 1. The summed E-state index contributed by atoms with van der Waals surface area (Å²) in [6, 6.07) is 8.02. The lowest BCUT2D eigenvalue weighted by Gasteiger charge is -2.11. The zero-order valence-electron chi connectivity index (χ0n) is 15.3. The van der Waals surface area contributed by atoms with Crippen molar-refractivity contribution in [2.75, 3.05) is 11.1 Å². The average molecular weight is 388 g/mol. The van der Waals surface area contributed by atoms with Crippen molar-refractivity contribution in [1.29, 1.82) is 0 Å². The van der Waals surface area contributed by atoms with Crippen molar-refractivity contribution >= 4 is 29.3 Å². The third-order valence-electron chi connectivity index (χ3n) is 4.29. The van der Waals surface area contributed by atoms with Gasteiger partial charge in [0.2, 0.25) is 11.8 Å². The van der Waals surface area contributed by atoms with E-state index < -0.39 is 0 Å². The van der Waals surface area contributed by atoms with Gasteiger partial charge in [0.25, 0.3) is 0 Å². The summed E-state index contributed by atoms with van der Waals surface area (Å²) in [4.78, 5) is 28.5. The second kappa shape index (κ2) is 9.05. The first-order valence-corrected chi connectivity index (χ1v) is 10.0. The Morgan fingerprint density at radius 1 is 1.26 bits per heavy atom. The van der Waals surface area contributed by atoms with Crippen LogP contribution in [0.25, 0.3) is 0 Å². The third-order valence-corrected chi connectivity index (χ3v) is 5.28. The van der Waals surface area contributed by atoms with Gasteiger partial charge in [0, 0.05) is 11.7 Å². The first-order valence-electron chi connectivity index (χ1n) is 9.05. The number of nitrogens with zero attached hydrogens (tertiary/aromatic N) is 2. The van der Waals surface area contributed by atoms with Gasteiger partial charge in [-0.25, -0.2) is 4.98 Å². The monoisotopic (exact) mass is 388 g/mol. The van der Waals surface area contributed by atoms with Crippen molar-refractivity contribution < 1.29 is 14.7 Å². The number of carbonyl (C=O) groups is 2. The van der Waals surface area contributed by atoms with Crippen LogP contribution in [0.3, 0.4) is 0 Å². The van der Waals surface area contributed by atoms with Gasteiger partial charge in [-0.3, -0.25) is 9.59 Å². The molecule has 1 aliphatic carbocycles. The summed E-state index contributed by atoms with van der Waals surface area (Å²) in [5, 5.41) is 15.8. The highest BCUT2D eigenvalue weighted by Gasteiger charge is 2.24. The van der Waals surface area contributed by atoms with Gasteiger partial charge in [0.1, 0.15) is 6.54 Å². The number of aryl methyl sites for hydroxylation is 1. The molecule has 1 heterocycles. The normalized spacial score (nSPS) is 13.4. The van der Waals surface area contributed by atoms with Crippen molar-refractivity contribution in [2.45, 2.75) is 50.5 Å². The smallest absolute Gasteiger partial charge is 0.240 e. The minimum Gasteiger partial charge on any atom is -0.390 e. The number of aromatic nitrogens is 2. The number of hydrogen-bond acceptors (Lipinski definition) is 5. The highest BCUT2D eigenvalue weighted by atomic mass is 32.2. The first kappa shape index (κ1) is 19.4. The van der Waals surface area contributed by atoms with E-state index in [9.17, 15) is 14.7 Å². The first-order chi connectivity index (χ1) is 13.1. The maximum atomic E-state index is 12.2. The molecule has 1 aromatic carbocycles. The number of nitrogens with one attached hydrogen (secondary N) is 2. The molecule has 1 fully saturated rings. The Balaban J connectivity index is 1.56. The molecule has 3 rings (SSSR count). The lowest BCUT2D eigenvalue weighted by atomic mass is 10.1. The second-order valence-corrected chi connectivity index (χ2v) is 7.45. The second-order valence-electron chi connectivity index (χ2n) is 6.51. The molecule has 27 heavy (non-hydrogen) atoms. The molecular formula is C19H24N4O3S. The van der Waals surface area contributed by atoms with Crippen molar-refractivity contribution in [3.05, 3.63) is 41.7 Å². The Morgan fingerprint density at radius 3 is 2.63 bits per heavy atom. The topological polar surface area (TPSA) is 96.2 Å². The number of carbonyl (C=O) groups excluding carboxylic acids is 2. The number of imidazole rings is 1. The van der Waals surface area contributed by atoms with Crippen LogP contribution < -0.4 is 10.6 Å². The number of anilines is 1. The van der Waals surface area contributed by atoms with Crippen LogP contribution in [-0.2, 0) is 29.2 Å². The van der Waals surface area contributed by atoms with Gasteiger partial charge in [0.05, 0.1) is 24.3 Å². The third kappa shape index (κ3) is 5.58. The van der Waals surface area contributed by atoms with E-state index in [1.807, 2.05) is 24.3 Å². The molecule has 1 saturated carbocycles. The predicted molar refractivity (Wildman–Crippen MR) is 104 cm³/mol. The van der Waals surface area contributed by atoms with E-state index in [2.05, 4.69) is 22.5 Å². The van der Waals surface area contributed by atoms with E-state index in [0.717, 1.165) is 24.9 Å². The van der Waals surface area contributed by atoms with Crippen molar-refractivity contribution in [3.63, 3.8) is 0 Å². The fourth-order valence-corrected chi connectivity index (χ4v) is 3.40. The summed E-state index contributed by atoms with van der Waals surface area (Å²) in [6.45, 7) is 1.97. The summed E-state index contributed by atoms with van der Waals surface area (Å²) in [5.41, 5.74) is 2.52. The predicted octanol–water partition coefficient (Wildman–Crippen LogP) is 1.95. The summed E-state index contributed by atoms with van der Waals surface area (Å²) in [7, 11) is 0. The molecule has 2 aromatic rings. The molecule has 7 nitrogen and oxygen atoms in total. The Kier molecular flexibility index (Phi) is 6.52. The van der Waals surface area contributed by atoms with Gasteiger partial charge in [0.15, 0.2) is 5.16 Å². The summed E-state index contributed by atoms with van der Waals surface area (Å²) in [5.74, 6) is -0.0823. The van der Waals surface area contributed by atoms with Gasteiger partial charge in [-0.1, -0.05) is 30.8 Å². The summed E-state index contributed by atoms with van der Waals surface area (Å²) >= 11 is 1.24. The van der Waals surface area contributed by atoms with Gasteiger partial charge in [-0.2, -0.15) is 0 Å². The van der Waals surface area contributed by atoms with Crippen LogP contribution in [0.2, 0.25) is 0 Å². The van der Waals surface area contributed by atoms with Gasteiger partial charge >= 0.3 is 0 Å². The van der Waals surface area contributed by atoms with E-state index in [0.29, 0.717) is 10.9 Å². The van der Waals surface area contributed by atoms with Gasteiger partial charge < -0.3 is 20.3 Å². The molecule has 0 aliphatic heterocycles. The number of aliphatic hydroxyl groups is 1. The van der Waals surface area contributed by atoms with Crippen molar-refractivity contribution in [3.8, 4) is 0 Å². The fraction of sp³-hybridized carbons (Fsp3) is 0.421. The Hall–Kier alpha value is -2.32. The van der Waals surface area contributed by atoms with Crippen LogP contribution in [0.1, 0.15) is 31.0 Å². The zero-order valence-corrected chi connectivity index (χ0v) is 16.1. The number of thioether (sulfide) groups is 1. The molecule has 8 heteroatoms. The number of aliphatic hydroxyl groups excluding tert-OH is 1. The summed E-state index contributed by atoms with van der Waals surface area (Å²) < 4.78 is 1.66. The highest BCUT2D eigenvalue weighted by molar-refractivity contribution is 7.99. The standard InChI is InChI=1S/C19H24N4O3S/c1-2-13-3-5-14(6-4-13)22-18(26)12-27-19-20-9-16(11-24)23(19)10-17(25)21-15-7-8-15/h3-6,9,15,24H,2,7-8,10-12H2,1H3,(H,21,25)(H,22,26). The van der Waals surface area contributed by atoms with Crippen LogP contribution in [0.5, 0.6) is 0 Å². The largest absolute Gasteiger partial charge is 0.390 e. The SMILES string of the molecule is CCc1ccc(NC(=O)CSc2ncc(CO)n2CC(=O)NC2CC2)cc1. The Morgan fingerprint density at radius 2 is 2.00 bits per heavy atom. The minimum absolute atomic E-state index is 0.0921. The fourth-order valence-electron chi connectivity index (χ4n) is 2.60. The molecule has 1 aromatic heterocycles. The lowest BCUT2D eigenvalue weighted by molar-refractivity contribution is -0.122.